The highest BCUT2D eigenvalue weighted by molar-refractivity contribution is 8.01. The van der Waals surface area contributed by atoms with Gasteiger partial charge < -0.3 is 29.9 Å². The number of halogens is 3. The van der Waals surface area contributed by atoms with Gasteiger partial charge in [0.25, 0.3) is 5.91 Å². The number of carbonyl (C=O) groups excluding carboxylic acids is 3. The molecule has 0 bridgehead atoms. The molecule has 0 radical (unpaired) electrons. The number of nitrogens with one attached hydrogen (secondary N) is 1. The molecule has 1 saturated heterocycles. The van der Waals surface area contributed by atoms with Crippen LogP contribution in [0.5, 0.6) is 0 Å². The Labute approximate surface area is 275 Å². The van der Waals surface area contributed by atoms with Gasteiger partial charge in [-0.15, -0.1) is 11.8 Å². The molecule has 10 nitrogen and oxygen atoms in total. The number of rotatable bonds is 8. The SMILES string of the molecule is CC(C)N(C(=O)c1cc2c(cc1C(F)(F)F)SC1(CCCC1)C(=O)N2CCNC(=O)OCc1ccccc1)[C@@H]1CCCN(C(=O)O)C1. The Morgan fingerprint density at radius 1 is 1.13 bits per heavy atom. The summed E-state index contributed by atoms with van der Waals surface area (Å²) in [7, 11) is 0. The summed E-state index contributed by atoms with van der Waals surface area (Å²) in [6.45, 7) is 3.60. The Bertz CT molecular complexity index is 1500. The number of thioether (sulfide) groups is 1. The van der Waals surface area contributed by atoms with Gasteiger partial charge in [-0.25, -0.2) is 9.59 Å². The van der Waals surface area contributed by atoms with Crippen molar-refractivity contribution in [3.05, 3.63) is 59.2 Å². The first-order chi connectivity index (χ1) is 22.3. The monoisotopic (exact) mass is 676 g/mol. The van der Waals surface area contributed by atoms with E-state index >= 15 is 0 Å². The van der Waals surface area contributed by atoms with Gasteiger partial charge in [0.15, 0.2) is 0 Å². The maximum atomic E-state index is 14.7. The smallest absolute Gasteiger partial charge is 0.417 e. The number of alkyl halides is 3. The summed E-state index contributed by atoms with van der Waals surface area (Å²) in [6, 6.07) is 10.0. The second-order valence-electron chi connectivity index (χ2n) is 12.4. The molecule has 0 aromatic heterocycles. The Kier molecular flexibility index (Phi) is 10.3. The largest absolute Gasteiger partial charge is 0.465 e. The van der Waals surface area contributed by atoms with Crippen molar-refractivity contribution in [3.63, 3.8) is 0 Å². The first-order valence-electron chi connectivity index (χ1n) is 15.8. The van der Waals surface area contributed by atoms with E-state index in [1.165, 1.54) is 14.7 Å². The van der Waals surface area contributed by atoms with Crippen LogP contribution in [0.4, 0.5) is 28.4 Å². The van der Waals surface area contributed by atoms with Crippen LogP contribution in [-0.2, 0) is 22.3 Å². The van der Waals surface area contributed by atoms with Crippen LogP contribution in [0.15, 0.2) is 47.4 Å². The number of hydrogen-bond donors (Lipinski definition) is 2. The number of amides is 4. The van der Waals surface area contributed by atoms with E-state index in [9.17, 15) is 37.5 Å². The van der Waals surface area contributed by atoms with Crippen molar-refractivity contribution in [3.8, 4) is 0 Å². The molecular formula is C33H39F3N4O6S. The quantitative estimate of drug-likeness (QED) is 0.333. The molecule has 47 heavy (non-hydrogen) atoms. The Balaban J connectivity index is 1.46. The zero-order valence-corrected chi connectivity index (χ0v) is 27.2. The molecule has 0 unspecified atom stereocenters. The molecule has 1 aliphatic carbocycles. The zero-order valence-electron chi connectivity index (χ0n) is 26.3. The highest BCUT2D eigenvalue weighted by atomic mass is 32.2. The molecule has 2 heterocycles. The predicted molar refractivity (Wildman–Crippen MR) is 169 cm³/mol. The van der Waals surface area contributed by atoms with Crippen LogP contribution in [-0.4, -0.2) is 81.9 Å². The second kappa shape index (κ2) is 14.0. The van der Waals surface area contributed by atoms with Crippen molar-refractivity contribution >= 4 is 41.5 Å². The highest BCUT2D eigenvalue weighted by Gasteiger charge is 2.50. The van der Waals surface area contributed by atoms with Gasteiger partial charge in [-0.05, 0) is 57.2 Å². The molecule has 14 heteroatoms. The molecule has 2 fully saturated rings. The van der Waals surface area contributed by atoms with Crippen LogP contribution in [0.25, 0.3) is 0 Å². The van der Waals surface area contributed by atoms with Crippen LogP contribution in [0.2, 0.25) is 0 Å². The molecule has 2 N–H and O–H groups in total. The van der Waals surface area contributed by atoms with Crippen LogP contribution < -0.4 is 10.2 Å². The van der Waals surface area contributed by atoms with Gasteiger partial charge in [0.05, 0.1) is 27.6 Å². The molecule has 1 atom stereocenters. The molecule has 2 aliphatic heterocycles. The number of fused-ring (bicyclic) bond motifs is 1. The number of alkyl carbamates (subject to hydrolysis) is 1. The van der Waals surface area contributed by atoms with E-state index in [0.29, 0.717) is 25.7 Å². The topological polar surface area (TPSA) is 119 Å². The van der Waals surface area contributed by atoms with Gasteiger partial charge in [0.1, 0.15) is 6.61 Å². The lowest BCUT2D eigenvalue weighted by Crippen LogP contribution is -2.54. The van der Waals surface area contributed by atoms with Crippen LogP contribution in [0.3, 0.4) is 0 Å². The fraction of sp³-hybridized carbons (Fsp3) is 0.515. The van der Waals surface area contributed by atoms with Gasteiger partial charge in [0, 0.05) is 37.1 Å². The van der Waals surface area contributed by atoms with Crippen molar-refractivity contribution in [2.45, 2.75) is 86.9 Å². The lowest BCUT2D eigenvalue weighted by molar-refractivity contribution is -0.138. The molecule has 4 amide bonds. The van der Waals surface area contributed by atoms with Crippen molar-refractivity contribution in [1.82, 2.24) is 15.1 Å². The number of carboxylic acid groups (broad SMARTS) is 1. The number of piperidine rings is 1. The number of nitrogens with zero attached hydrogens (tertiary/aromatic N) is 3. The lowest BCUT2D eigenvalue weighted by atomic mass is 9.97. The number of anilines is 1. The average molecular weight is 677 g/mol. The van der Waals surface area contributed by atoms with Crippen molar-refractivity contribution < 1.29 is 42.2 Å². The molecule has 254 valence electrons. The van der Waals surface area contributed by atoms with Gasteiger partial charge in [0.2, 0.25) is 5.91 Å². The Morgan fingerprint density at radius 3 is 2.47 bits per heavy atom. The number of carbonyl (C=O) groups is 4. The van der Waals surface area contributed by atoms with Crippen molar-refractivity contribution in [2.24, 2.45) is 0 Å². The van der Waals surface area contributed by atoms with Crippen LogP contribution in [0, 0.1) is 0 Å². The number of hydrogen-bond acceptors (Lipinski definition) is 6. The predicted octanol–water partition coefficient (Wildman–Crippen LogP) is 6.38. The van der Waals surface area contributed by atoms with E-state index in [4.69, 9.17) is 4.74 Å². The van der Waals surface area contributed by atoms with Gasteiger partial charge >= 0.3 is 18.4 Å². The number of benzene rings is 2. The number of ether oxygens (including phenoxy) is 1. The normalized spacial score (nSPS) is 19.1. The Hall–Kier alpha value is -3.94. The van der Waals surface area contributed by atoms with Crippen LogP contribution in [0.1, 0.15) is 73.9 Å². The fourth-order valence-electron chi connectivity index (χ4n) is 6.73. The fourth-order valence-corrected chi connectivity index (χ4v) is 8.29. The summed E-state index contributed by atoms with van der Waals surface area (Å²) in [5, 5.41) is 12.2. The molecule has 2 aromatic carbocycles. The van der Waals surface area contributed by atoms with E-state index in [1.807, 2.05) is 18.2 Å². The summed E-state index contributed by atoms with van der Waals surface area (Å²) in [6.07, 6.45) is -3.31. The van der Waals surface area contributed by atoms with Gasteiger partial charge in [-0.2, -0.15) is 13.2 Å². The maximum absolute atomic E-state index is 14.7. The van der Waals surface area contributed by atoms with E-state index in [0.717, 1.165) is 42.3 Å². The standard InChI is InChI=1S/C33H39F3N4O6S/c1-21(2)40(23-11-8-15-38(19-23)31(44)45)28(41)24-17-26-27(18-25(24)33(34,35)36)47-32(12-6-7-13-32)29(42)39(26)16-14-37-30(43)46-20-22-9-4-3-5-10-22/h3-5,9-10,17-18,21,23H,6-8,11-16,19-20H2,1-2H3,(H,37,43)(H,44,45)/t23-/m1/s1. The summed E-state index contributed by atoms with van der Waals surface area (Å²) in [5.74, 6) is -1.15. The van der Waals surface area contributed by atoms with Crippen molar-refractivity contribution in [2.75, 3.05) is 31.1 Å². The highest BCUT2D eigenvalue weighted by Crippen LogP contribution is 2.54. The molecule has 3 aliphatic rings. The lowest BCUT2D eigenvalue weighted by Gasteiger charge is -2.42. The third-order valence-corrected chi connectivity index (χ3v) is 10.5. The molecule has 1 saturated carbocycles. The third-order valence-electron chi connectivity index (χ3n) is 8.95. The molecule has 5 rings (SSSR count). The average Bonchev–Trinajstić information content (AvgIpc) is 3.50. The summed E-state index contributed by atoms with van der Waals surface area (Å²) in [5.41, 5.74) is -0.739. The third kappa shape index (κ3) is 7.47. The Morgan fingerprint density at radius 2 is 1.83 bits per heavy atom. The minimum Gasteiger partial charge on any atom is -0.465 e. The van der Waals surface area contributed by atoms with E-state index < -0.39 is 52.2 Å². The van der Waals surface area contributed by atoms with Crippen molar-refractivity contribution in [1.29, 1.82) is 0 Å². The minimum absolute atomic E-state index is 0.0133. The molecule has 1 spiro atoms. The maximum Gasteiger partial charge on any atom is 0.417 e. The van der Waals surface area contributed by atoms with Gasteiger partial charge in [-0.3, -0.25) is 9.59 Å². The van der Waals surface area contributed by atoms with Crippen LogP contribution >= 0.6 is 11.8 Å². The second-order valence-corrected chi connectivity index (χ2v) is 13.9. The summed E-state index contributed by atoms with van der Waals surface area (Å²) < 4.78 is 48.4. The zero-order chi connectivity index (χ0) is 33.9. The molecule has 2 aromatic rings. The molecular weight excluding hydrogens is 637 g/mol. The van der Waals surface area contributed by atoms with E-state index in [2.05, 4.69) is 5.32 Å². The van der Waals surface area contributed by atoms with E-state index in [-0.39, 0.29) is 49.3 Å². The van der Waals surface area contributed by atoms with Gasteiger partial charge in [-0.1, -0.05) is 43.2 Å². The summed E-state index contributed by atoms with van der Waals surface area (Å²) >= 11 is 1.12. The van der Waals surface area contributed by atoms with E-state index in [1.54, 1.807) is 26.0 Å². The first-order valence-corrected chi connectivity index (χ1v) is 16.6. The number of likely N-dealkylation sites (tertiary alicyclic amines) is 1. The first kappa shape index (κ1) is 34.4. The minimum atomic E-state index is -4.87. The summed E-state index contributed by atoms with van der Waals surface area (Å²) in [4.78, 5) is 56.4.